The fourth-order valence-electron chi connectivity index (χ4n) is 6.28. The normalized spacial score (nSPS) is 12.3. The van der Waals surface area contributed by atoms with Gasteiger partial charge in [-0.1, -0.05) is 170 Å². The molecule has 0 fully saturated rings. The van der Waals surface area contributed by atoms with Crippen LogP contribution in [0.5, 0.6) is 0 Å². The minimum atomic E-state index is -0.204. The van der Waals surface area contributed by atoms with Crippen LogP contribution in [-0.2, 0) is 40.1 Å². The zero-order valence-corrected chi connectivity index (χ0v) is 29.1. The molecule has 6 aromatic rings. The summed E-state index contributed by atoms with van der Waals surface area (Å²) >= 11 is 0. The fourth-order valence-corrected chi connectivity index (χ4v) is 6.28. The molecule has 6 aromatic carbocycles. The summed E-state index contributed by atoms with van der Waals surface area (Å²) in [5.41, 5.74) is 22.0. The number of hydrogen-bond acceptors (Lipinski definition) is 5. The average molecular weight is 672 g/mol. The van der Waals surface area contributed by atoms with Crippen molar-refractivity contribution in [1.29, 1.82) is 0 Å². The molecule has 0 aromatic heterocycles. The highest BCUT2D eigenvalue weighted by atomic mass is 16.5. The number of rotatable bonds is 18. The van der Waals surface area contributed by atoms with Crippen molar-refractivity contribution in [3.63, 3.8) is 0 Å². The number of nitrogens with two attached hydrogens (primary N) is 2. The quantitative estimate of drug-likeness (QED) is 0.129. The number of benzene rings is 6. The smallest absolute Gasteiger partial charge is 0.361 e. The second kappa shape index (κ2) is 19.0. The van der Waals surface area contributed by atoms with Crippen LogP contribution in [0.15, 0.2) is 170 Å². The van der Waals surface area contributed by atoms with Crippen LogP contribution in [0.25, 0.3) is 0 Å². The molecule has 0 aliphatic heterocycles. The van der Waals surface area contributed by atoms with E-state index in [0.29, 0.717) is 26.4 Å². The van der Waals surface area contributed by atoms with Crippen molar-refractivity contribution in [2.24, 2.45) is 11.5 Å². The molecule has 0 aliphatic carbocycles. The summed E-state index contributed by atoms with van der Waals surface area (Å²) in [5, 5.41) is 0. The van der Waals surface area contributed by atoms with Crippen molar-refractivity contribution in [1.82, 2.24) is 0 Å². The van der Waals surface area contributed by atoms with Gasteiger partial charge in [0.25, 0.3) is 0 Å². The molecule has 0 amide bonds. The van der Waals surface area contributed by atoms with Gasteiger partial charge in [-0.3, -0.25) is 0 Å². The zero-order chi connectivity index (χ0) is 35.1. The molecule has 2 unspecified atom stereocenters. The Balaban J connectivity index is 1.03. The second-order valence-corrected chi connectivity index (χ2v) is 13.1. The van der Waals surface area contributed by atoms with Crippen LogP contribution in [0.2, 0.25) is 0 Å². The van der Waals surface area contributed by atoms with E-state index in [0.717, 1.165) is 45.8 Å². The van der Waals surface area contributed by atoms with Crippen molar-refractivity contribution < 1.29 is 14.0 Å². The molecule has 0 aliphatic rings. The molecule has 2 atom stereocenters. The summed E-state index contributed by atoms with van der Waals surface area (Å²) in [7, 11) is 0. The first kappa shape index (κ1) is 36.1. The maximum absolute atomic E-state index is 6.48. The Kier molecular flexibility index (Phi) is 13.4. The highest BCUT2D eigenvalue weighted by molar-refractivity contribution is 6.80. The molecule has 5 nitrogen and oxygen atoms in total. The monoisotopic (exact) mass is 672 g/mol. The van der Waals surface area contributed by atoms with E-state index in [1.54, 1.807) is 0 Å². The van der Waals surface area contributed by atoms with Crippen LogP contribution in [0.4, 0.5) is 0 Å². The van der Waals surface area contributed by atoms with Crippen molar-refractivity contribution >= 4 is 35.7 Å². The van der Waals surface area contributed by atoms with E-state index in [2.05, 4.69) is 97.1 Å². The van der Waals surface area contributed by atoms with Gasteiger partial charge in [-0.25, -0.2) is 0 Å². The first-order valence-electron chi connectivity index (χ1n) is 17.8. The Labute approximate surface area is 303 Å². The van der Waals surface area contributed by atoms with Gasteiger partial charge in [0.15, 0.2) is 0 Å². The molecule has 0 spiro atoms. The van der Waals surface area contributed by atoms with E-state index >= 15 is 0 Å². The Morgan fingerprint density at radius 1 is 0.373 bits per heavy atom. The minimum Gasteiger partial charge on any atom is -0.425 e. The summed E-state index contributed by atoms with van der Waals surface area (Å²) in [6.07, 6.45) is 1.54. The summed E-state index contributed by atoms with van der Waals surface area (Å²) in [4.78, 5) is 0. The maximum atomic E-state index is 6.48. The van der Waals surface area contributed by atoms with Gasteiger partial charge in [0.05, 0.1) is 13.2 Å². The Morgan fingerprint density at radius 3 is 1.04 bits per heavy atom. The third-order valence-corrected chi connectivity index (χ3v) is 8.94. The predicted molar refractivity (Wildman–Crippen MR) is 212 cm³/mol. The molecular weight excluding hydrogens is 626 g/mol. The van der Waals surface area contributed by atoms with Crippen molar-refractivity contribution in [2.75, 3.05) is 13.2 Å². The van der Waals surface area contributed by atoms with Gasteiger partial charge < -0.3 is 25.5 Å². The lowest BCUT2D eigenvalue weighted by atomic mass is 9.55. The maximum Gasteiger partial charge on any atom is 0.361 e. The summed E-state index contributed by atoms with van der Waals surface area (Å²) in [5.74, 6) is 0. The Bertz CT molecular complexity index is 1710. The van der Waals surface area contributed by atoms with Crippen LogP contribution >= 0.6 is 0 Å². The van der Waals surface area contributed by atoms with Gasteiger partial charge in [-0.15, -0.1) is 0 Å². The third kappa shape index (κ3) is 11.1. The van der Waals surface area contributed by atoms with E-state index < -0.39 is 0 Å². The van der Waals surface area contributed by atoms with Crippen molar-refractivity contribution in [3.8, 4) is 0 Å². The van der Waals surface area contributed by atoms with E-state index in [-0.39, 0.29) is 25.9 Å². The SMILES string of the molecule is NC(COB(c1ccccc1)c1ccc(COCc2ccc(B(OCC(N)Cc3ccccc3)c3ccccc3)cc2)cc1)Cc1ccccc1. The molecule has 0 bridgehead atoms. The van der Waals surface area contributed by atoms with E-state index in [9.17, 15) is 0 Å². The molecule has 4 N–H and O–H groups in total. The minimum absolute atomic E-state index is 0.0969. The lowest BCUT2D eigenvalue weighted by molar-refractivity contribution is 0.107. The Hall–Kier alpha value is -4.75. The molecule has 7 heteroatoms. The highest BCUT2D eigenvalue weighted by Crippen LogP contribution is 2.09. The third-order valence-electron chi connectivity index (χ3n) is 8.94. The van der Waals surface area contributed by atoms with Crippen LogP contribution in [0.3, 0.4) is 0 Å². The fraction of sp³-hybridized carbons (Fsp3) is 0.182. The lowest BCUT2D eigenvalue weighted by Gasteiger charge is -2.19. The van der Waals surface area contributed by atoms with Gasteiger partial charge in [-0.05, 0) is 56.9 Å². The second-order valence-electron chi connectivity index (χ2n) is 13.1. The van der Waals surface area contributed by atoms with Gasteiger partial charge in [0, 0.05) is 25.3 Å². The predicted octanol–water partition coefficient (Wildman–Crippen LogP) is 4.79. The average Bonchev–Trinajstić information content (AvgIpc) is 3.18. The topological polar surface area (TPSA) is 79.7 Å². The highest BCUT2D eigenvalue weighted by Gasteiger charge is 2.24. The molecule has 0 saturated carbocycles. The van der Waals surface area contributed by atoms with Crippen LogP contribution in [0, 0.1) is 0 Å². The molecule has 0 heterocycles. The molecule has 256 valence electrons. The first-order valence-corrected chi connectivity index (χ1v) is 17.8. The van der Waals surface area contributed by atoms with Gasteiger partial charge in [-0.2, -0.15) is 0 Å². The Morgan fingerprint density at radius 2 is 0.686 bits per heavy atom. The molecule has 0 saturated heterocycles. The summed E-state index contributed by atoms with van der Waals surface area (Å²) in [6.45, 7) is 1.52. The zero-order valence-electron chi connectivity index (χ0n) is 29.1. The van der Waals surface area contributed by atoms with Crippen molar-refractivity contribution in [2.45, 2.75) is 38.1 Å². The molecular formula is C44H46B2N2O3. The van der Waals surface area contributed by atoms with Gasteiger partial charge in [0.1, 0.15) is 0 Å². The molecule has 51 heavy (non-hydrogen) atoms. The lowest BCUT2D eigenvalue weighted by Crippen LogP contribution is -2.47. The van der Waals surface area contributed by atoms with Gasteiger partial charge >= 0.3 is 13.8 Å². The molecule has 0 radical (unpaired) electrons. The molecule has 6 rings (SSSR count). The van der Waals surface area contributed by atoms with E-state index in [4.69, 9.17) is 25.5 Å². The number of hydrogen-bond donors (Lipinski definition) is 2. The standard InChI is InChI=1S/C44H46B2N2O3/c47-43(29-35-13-5-1-6-14-35)33-50-45(39-17-9-3-10-18-39)41-25-21-37(22-26-41)31-49-32-38-23-27-42(28-24-38)46(40-19-11-4-12-20-40)51-34-44(48)30-36-15-7-2-8-16-36/h1-28,43-44H,29-34,47-48H2. The first-order chi connectivity index (χ1) is 25.1. The van der Waals surface area contributed by atoms with Gasteiger partial charge in [0.2, 0.25) is 0 Å². The number of ether oxygens (including phenoxy) is 1. The van der Waals surface area contributed by atoms with Crippen LogP contribution < -0.4 is 33.3 Å². The van der Waals surface area contributed by atoms with E-state index in [1.807, 2.05) is 72.8 Å². The van der Waals surface area contributed by atoms with Crippen LogP contribution in [0.1, 0.15) is 22.3 Å². The van der Waals surface area contributed by atoms with E-state index in [1.165, 1.54) is 11.1 Å². The summed E-state index contributed by atoms with van der Waals surface area (Å²) in [6, 6.07) is 58.0. The van der Waals surface area contributed by atoms with Crippen LogP contribution in [-0.4, -0.2) is 39.1 Å². The summed E-state index contributed by atoms with van der Waals surface area (Å²) < 4.78 is 19.1. The largest absolute Gasteiger partial charge is 0.425 e. The van der Waals surface area contributed by atoms with Crippen molar-refractivity contribution in [3.05, 3.63) is 192 Å².